The van der Waals surface area contributed by atoms with E-state index in [9.17, 15) is 4.79 Å². The SMILES string of the molecule is CN(Cc1ncc[nH]1)C(=O)NC(C)(C)C. The highest BCUT2D eigenvalue weighted by molar-refractivity contribution is 5.74. The number of carbonyl (C=O) groups is 1. The maximum Gasteiger partial charge on any atom is 0.317 e. The van der Waals surface area contributed by atoms with Crippen LogP contribution < -0.4 is 5.32 Å². The third-order valence-corrected chi connectivity index (χ3v) is 1.77. The van der Waals surface area contributed by atoms with Gasteiger partial charge in [-0.3, -0.25) is 0 Å². The summed E-state index contributed by atoms with van der Waals surface area (Å²) in [6.07, 6.45) is 3.41. The van der Waals surface area contributed by atoms with Crippen molar-refractivity contribution in [1.82, 2.24) is 20.2 Å². The average Bonchev–Trinajstić information content (AvgIpc) is 2.53. The van der Waals surface area contributed by atoms with Gasteiger partial charge in [-0.15, -0.1) is 0 Å². The molecule has 0 aliphatic heterocycles. The van der Waals surface area contributed by atoms with Gasteiger partial charge in [0.1, 0.15) is 5.82 Å². The van der Waals surface area contributed by atoms with Crippen LogP contribution in [0.4, 0.5) is 4.79 Å². The van der Waals surface area contributed by atoms with Gasteiger partial charge in [-0.25, -0.2) is 9.78 Å². The van der Waals surface area contributed by atoms with E-state index in [-0.39, 0.29) is 11.6 Å². The highest BCUT2D eigenvalue weighted by atomic mass is 16.2. The molecule has 1 rings (SSSR count). The van der Waals surface area contributed by atoms with E-state index in [0.29, 0.717) is 6.54 Å². The smallest absolute Gasteiger partial charge is 0.317 e. The van der Waals surface area contributed by atoms with E-state index in [2.05, 4.69) is 15.3 Å². The van der Waals surface area contributed by atoms with Crippen LogP contribution in [-0.2, 0) is 6.54 Å². The predicted molar refractivity (Wildman–Crippen MR) is 58.3 cm³/mol. The van der Waals surface area contributed by atoms with Crippen LogP contribution in [0.1, 0.15) is 26.6 Å². The van der Waals surface area contributed by atoms with Gasteiger partial charge in [0.2, 0.25) is 0 Å². The summed E-state index contributed by atoms with van der Waals surface area (Å²) in [4.78, 5) is 20.3. The van der Waals surface area contributed by atoms with Gasteiger partial charge in [-0.05, 0) is 20.8 Å². The number of hydrogen-bond acceptors (Lipinski definition) is 2. The third-order valence-electron chi connectivity index (χ3n) is 1.77. The first kappa shape index (κ1) is 11.6. The Morgan fingerprint density at radius 3 is 2.73 bits per heavy atom. The number of imidazole rings is 1. The fourth-order valence-corrected chi connectivity index (χ4v) is 1.10. The Kier molecular flexibility index (Phi) is 3.34. The Balaban J connectivity index is 2.47. The zero-order valence-corrected chi connectivity index (χ0v) is 9.66. The molecular weight excluding hydrogens is 192 g/mol. The summed E-state index contributed by atoms with van der Waals surface area (Å²) in [5.74, 6) is 0.779. The predicted octanol–water partition coefficient (Wildman–Crippen LogP) is 1.35. The van der Waals surface area contributed by atoms with Crippen LogP contribution in [0.2, 0.25) is 0 Å². The van der Waals surface area contributed by atoms with Crippen LogP contribution in [0.25, 0.3) is 0 Å². The number of carbonyl (C=O) groups excluding carboxylic acids is 1. The molecule has 15 heavy (non-hydrogen) atoms. The molecule has 0 spiro atoms. The second-order valence-electron chi connectivity index (χ2n) is 4.57. The minimum atomic E-state index is -0.214. The first-order chi connectivity index (χ1) is 6.88. The van der Waals surface area contributed by atoms with E-state index in [1.54, 1.807) is 24.3 Å². The third kappa shape index (κ3) is 4.01. The molecule has 0 atom stereocenters. The van der Waals surface area contributed by atoms with Gasteiger partial charge >= 0.3 is 6.03 Å². The number of aromatic nitrogens is 2. The Hall–Kier alpha value is -1.52. The molecule has 2 amide bonds. The monoisotopic (exact) mass is 210 g/mol. The van der Waals surface area contributed by atoms with E-state index in [1.807, 2.05) is 20.8 Å². The van der Waals surface area contributed by atoms with Gasteiger partial charge in [0.15, 0.2) is 0 Å². The molecule has 0 aliphatic carbocycles. The molecule has 0 fully saturated rings. The quantitative estimate of drug-likeness (QED) is 0.774. The van der Waals surface area contributed by atoms with Crippen LogP contribution in [0.5, 0.6) is 0 Å². The molecule has 0 saturated carbocycles. The Bertz CT molecular complexity index is 313. The fourth-order valence-electron chi connectivity index (χ4n) is 1.10. The number of rotatable bonds is 2. The topological polar surface area (TPSA) is 61.0 Å². The first-order valence-electron chi connectivity index (χ1n) is 4.90. The lowest BCUT2D eigenvalue weighted by Gasteiger charge is -2.25. The summed E-state index contributed by atoms with van der Waals surface area (Å²) in [5.41, 5.74) is -0.214. The summed E-state index contributed by atoms with van der Waals surface area (Å²) in [6.45, 7) is 6.33. The molecule has 0 aliphatic rings. The lowest BCUT2D eigenvalue weighted by molar-refractivity contribution is 0.196. The van der Waals surface area contributed by atoms with E-state index >= 15 is 0 Å². The molecule has 0 radical (unpaired) electrons. The molecule has 5 nitrogen and oxygen atoms in total. The molecular formula is C10H18N4O. The van der Waals surface area contributed by atoms with Gasteiger partial charge < -0.3 is 15.2 Å². The normalized spacial score (nSPS) is 11.2. The maximum absolute atomic E-state index is 11.7. The van der Waals surface area contributed by atoms with Crippen molar-refractivity contribution in [2.45, 2.75) is 32.9 Å². The van der Waals surface area contributed by atoms with Crippen molar-refractivity contribution in [2.75, 3.05) is 7.05 Å². The lowest BCUT2D eigenvalue weighted by atomic mass is 10.1. The molecule has 2 N–H and O–H groups in total. The van der Waals surface area contributed by atoms with Crippen LogP contribution in [0, 0.1) is 0 Å². The average molecular weight is 210 g/mol. The van der Waals surface area contributed by atoms with E-state index < -0.39 is 0 Å². The van der Waals surface area contributed by atoms with Crippen molar-refractivity contribution in [3.63, 3.8) is 0 Å². The molecule has 1 aromatic heterocycles. The largest absolute Gasteiger partial charge is 0.347 e. The second kappa shape index (κ2) is 4.33. The Morgan fingerprint density at radius 2 is 2.27 bits per heavy atom. The molecule has 0 aromatic carbocycles. The van der Waals surface area contributed by atoms with Crippen molar-refractivity contribution in [3.05, 3.63) is 18.2 Å². The van der Waals surface area contributed by atoms with Crippen LogP contribution in [0.15, 0.2) is 12.4 Å². The van der Waals surface area contributed by atoms with E-state index in [1.165, 1.54) is 0 Å². The molecule has 1 heterocycles. The minimum absolute atomic E-state index is 0.0982. The summed E-state index contributed by atoms with van der Waals surface area (Å²) in [5, 5.41) is 2.88. The zero-order chi connectivity index (χ0) is 11.5. The van der Waals surface area contributed by atoms with Gasteiger partial charge in [-0.2, -0.15) is 0 Å². The van der Waals surface area contributed by atoms with Gasteiger partial charge in [0.25, 0.3) is 0 Å². The number of nitrogens with zero attached hydrogens (tertiary/aromatic N) is 2. The first-order valence-corrected chi connectivity index (χ1v) is 4.90. The highest BCUT2D eigenvalue weighted by Crippen LogP contribution is 2.02. The molecule has 0 unspecified atom stereocenters. The number of hydrogen-bond donors (Lipinski definition) is 2. The van der Waals surface area contributed by atoms with Crippen LogP contribution in [0.3, 0.4) is 0 Å². The van der Waals surface area contributed by atoms with Crippen molar-refractivity contribution >= 4 is 6.03 Å². The number of urea groups is 1. The van der Waals surface area contributed by atoms with E-state index in [0.717, 1.165) is 5.82 Å². The number of amides is 2. The summed E-state index contributed by atoms with van der Waals surface area (Å²) in [7, 11) is 1.74. The molecule has 0 bridgehead atoms. The maximum atomic E-state index is 11.7. The molecule has 0 saturated heterocycles. The number of nitrogens with one attached hydrogen (secondary N) is 2. The Labute approximate surface area is 89.9 Å². The molecule has 1 aromatic rings. The van der Waals surface area contributed by atoms with Crippen molar-refractivity contribution in [3.8, 4) is 0 Å². The molecule has 5 heteroatoms. The van der Waals surface area contributed by atoms with Gasteiger partial charge in [0, 0.05) is 25.0 Å². The minimum Gasteiger partial charge on any atom is -0.347 e. The van der Waals surface area contributed by atoms with Crippen LogP contribution >= 0.6 is 0 Å². The number of H-pyrrole nitrogens is 1. The van der Waals surface area contributed by atoms with Gasteiger partial charge in [0.05, 0.1) is 6.54 Å². The van der Waals surface area contributed by atoms with Crippen LogP contribution in [-0.4, -0.2) is 33.5 Å². The van der Waals surface area contributed by atoms with Gasteiger partial charge in [-0.1, -0.05) is 0 Å². The van der Waals surface area contributed by atoms with Crippen molar-refractivity contribution < 1.29 is 4.79 Å². The second-order valence-corrected chi connectivity index (χ2v) is 4.57. The van der Waals surface area contributed by atoms with E-state index in [4.69, 9.17) is 0 Å². The van der Waals surface area contributed by atoms with Crippen molar-refractivity contribution in [1.29, 1.82) is 0 Å². The fraction of sp³-hybridized carbons (Fsp3) is 0.600. The highest BCUT2D eigenvalue weighted by Gasteiger charge is 2.17. The Morgan fingerprint density at radius 1 is 1.60 bits per heavy atom. The standard InChI is InChI=1S/C10H18N4O/c1-10(2,3)13-9(15)14(4)7-8-11-5-6-12-8/h5-6H,7H2,1-4H3,(H,11,12)(H,13,15). The summed E-state index contributed by atoms with van der Waals surface area (Å²) in [6, 6.07) is -0.0982. The number of aromatic amines is 1. The summed E-state index contributed by atoms with van der Waals surface area (Å²) < 4.78 is 0. The zero-order valence-electron chi connectivity index (χ0n) is 9.66. The summed E-state index contributed by atoms with van der Waals surface area (Å²) >= 11 is 0. The van der Waals surface area contributed by atoms with Crippen molar-refractivity contribution in [2.24, 2.45) is 0 Å². The molecule has 84 valence electrons. The lowest BCUT2D eigenvalue weighted by Crippen LogP contribution is -2.46.